The van der Waals surface area contributed by atoms with E-state index in [-0.39, 0.29) is 17.6 Å². The Kier molecular flexibility index (Phi) is 3.80. The Bertz CT molecular complexity index is 584. The topological polar surface area (TPSA) is 60.9 Å². The highest BCUT2D eigenvalue weighted by Crippen LogP contribution is 2.31. The average molecular weight is 306 g/mol. The normalized spacial score (nSPS) is 20.4. The zero-order chi connectivity index (χ0) is 15.0. The maximum Gasteiger partial charge on any atom is 0.335 e. The molecule has 21 heavy (non-hydrogen) atoms. The van der Waals surface area contributed by atoms with Gasteiger partial charge in [-0.25, -0.2) is 9.59 Å². The lowest BCUT2D eigenvalue weighted by atomic mass is 10.1. The maximum absolute atomic E-state index is 12.7. The number of aromatic carboxylic acids is 1. The maximum atomic E-state index is 12.7. The van der Waals surface area contributed by atoms with E-state index in [2.05, 4.69) is 0 Å². The SMILES string of the molecule is CN(C(=O)N1CCc2ccc(C(=O)O)cc21)C1CCSC1. The van der Waals surface area contributed by atoms with Crippen LogP contribution in [0.1, 0.15) is 22.3 Å². The van der Waals surface area contributed by atoms with Gasteiger partial charge < -0.3 is 10.0 Å². The van der Waals surface area contributed by atoms with Gasteiger partial charge in [-0.2, -0.15) is 11.8 Å². The highest BCUT2D eigenvalue weighted by atomic mass is 32.2. The summed E-state index contributed by atoms with van der Waals surface area (Å²) in [6.45, 7) is 0.626. The number of benzene rings is 1. The number of amides is 2. The summed E-state index contributed by atoms with van der Waals surface area (Å²) in [5.74, 6) is 1.12. The molecule has 112 valence electrons. The number of carboxylic acids is 1. The lowest BCUT2D eigenvalue weighted by Crippen LogP contribution is -2.45. The highest BCUT2D eigenvalue weighted by molar-refractivity contribution is 7.99. The molecule has 0 aromatic heterocycles. The van der Waals surface area contributed by atoms with Crippen molar-refractivity contribution in [2.45, 2.75) is 18.9 Å². The molecule has 0 radical (unpaired) electrons. The van der Waals surface area contributed by atoms with E-state index in [1.165, 1.54) is 0 Å². The molecule has 1 aromatic carbocycles. The van der Waals surface area contributed by atoms with Crippen LogP contribution in [0.3, 0.4) is 0 Å². The first kappa shape index (κ1) is 14.3. The van der Waals surface area contributed by atoms with Gasteiger partial charge in [-0.1, -0.05) is 6.07 Å². The molecule has 1 saturated heterocycles. The zero-order valence-electron chi connectivity index (χ0n) is 11.9. The molecule has 3 rings (SSSR count). The van der Waals surface area contributed by atoms with Gasteiger partial charge in [-0.05, 0) is 36.3 Å². The van der Waals surface area contributed by atoms with Gasteiger partial charge in [0.25, 0.3) is 0 Å². The summed E-state index contributed by atoms with van der Waals surface area (Å²) in [4.78, 5) is 27.3. The van der Waals surface area contributed by atoms with E-state index >= 15 is 0 Å². The molecule has 0 spiro atoms. The third-order valence-electron chi connectivity index (χ3n) is 4.21. The van der Waals surface area contributed by atoms with Crippen LogP contribution in [0.4, 0.5) is 10.5 Å². The standard InChI is InChI=1S/C15H18N2O3S/c1-16(12-5-7-21-9-12)15(20)17-6-4-10-2-3-11(14(18)19)8-13(10)17/h2-3,8,12H,4-7,9H2,1H3,(H,18,19). The van der Waals surface area contributed by atoms with Crippen molar-refractivity contribution in [1.29, 1.82) is 0 Å². The number of rotatable bonds is 2. The van der Waals surface area contributed by atoms with Crippen molar-refractivity contribution in [2.24, 2.45) is 0 Å². The largest absolute Gasteiger partial charge is 0.478 e. The number of fused-ring (bicyclic) bond motifs is 1. The average Bonchev–Trinajstić information content (AvgIpc) is 3.14. The predicted molar refractivity (Wildman–Crippen MR) is 83.3 cm³/mol. The molecule has 1 atom stereocenters. The minimum atomic E-state index is -0.961. The third kappa shape index (κ3) is 2.60. The summed E-state index contributed by atoms with van der Waals surface area (Å²) in [6.07, 6.45) is 1.82. The Hall–Kier alpha value is -1.69. The van der Waals surface area contributed by atoms with Gasteiger partial charge in [0.05, 0.1) is 5.56 Å². The molecule has 1 fully saturated rings. The van der Waals surface area contributed by atoms with Crippen LogP contribution >= 0.6 is 11.8 Å². The fraction of sp³-hybridized carbons (Fsp3) is 0.467. The lowest BCUT2D eigenvalue weighted by Gasteiger charge is -2.29. The second-order valence-corrected chi connectivity index (χ2v) is 6.61. The molecule has 0 aliphatic carbocycles. The molecule has 0 bridgehead atoms. The number of carbonyl (C=O) groups excluding carboxylic acids is 1. The summed E-state index contributed by atoms with van der Waals surface area (Å²) in [5.41, 5.74) is 2.02. The van der Waals surface area contributed by atoms with Crippen molar-refractivity contribution in [2.75, 3.05) is 30.0 Å². The number of hydrogen-bond acceptors (Lipinski definition) is 3. The van der Waals surface area contributed by atoms with Gasteiger partial charge in [-0.15, -0.1) is 0 Å². The molecule has 6 heteroatoms. The molecule has 2 aliphatic heterocycles. The number of anilines is 1. The van der Waals surface area contributed by atoms with Crippen LogP contribution in [0.2, 0.25) is 0 Å². The van der Waals surface area contributed by atoms with Gasteiger partial charge >= 0.3 is 12.0 Å². The van der Waals surface area contributed by atoms with Crippen LogP contribution in [0.5, 0.6) is 0 Å². The number of carbonyl (C=O) groups is 2. The van der Waals surface area contributed by atoms with Crippen LogP contribution in [0, 0.1) is 0 Å². The van der Waals surface area contributed by atoms with Crippen molar-refractivity contribution in [3.05, 3.63) is 29.3 Å². The number of hydrogen-bond donors (Lipinski definition) is 1. The highest BCUT2D eigenvalue weighted by Gasteiger charge is 2.31. The van der Waals surface area contributed by atoms with Crippen LogP contribution in [-0.2, 0) is 6.42 Å². The monoisotopic (exact) mass is 306 g/mol. The van der Waals surface area contributed by atoms with E-state index in [9.17, 15) is 9.59 Å². The first-order valence-electron chi connectivity index (χ1n) is 7.06. The fourth-order valence-corrected chi connectivity index (χ4v) is 4.15. The minimum absolute atomic E-state index is 0.0243. The molecule has 1 N–H and O–H groups in total. The zero-order valence-corrected chi connectivity index (χ0v) is 12.7. The number of urea groups is 1. The van der Waals surface area contributed by atoms with Gasteiger partial charge in [0.15, 0.2) is 0 Å². The molecule has 1 aromatic rings. The van der Waals surface area contributed by atoms with Gasteiger partial charge in [0.1, 0.15) is 0 Å². The lowest BCUT2D eigenvalue weighted by molar-refractivity contribution is 0.0697. The molecule has 0 saturated carbocycles. The van der Waals surface area contributed by atoms with Crippen LogP contribution in [-0.4, -0.2) is 53.1 Å². The number of carboxylic acid groups (broad SMARTS) is 1. The fourth-order valence-electron chi connectivity index (χ4n) is 2.89. The predicted octanol–water partition coefficient (Wildman–Crippen LogP) is 2.30. The smallest absolute Gasteiger partial charge is 0.335 e. The van der Waals surface area contributed by atoms with E-state index < -0.39 is 5.97 Å². The molecule has 2 heterocycles. The van der Waals surface area contributed by atoms with E-state index in [4.69, 9.17) is 5.11 Å². The van der Waals surface area contributed by atoms with Gasteiger partial charge in [0, 0.05) is 31.1 Å². The summed E-state index contributed by atoms with van der Waals surface area (Å²) >= 11 is 1.87. The van der Waals surface area contributed by atoms with Crippen LogP contribution < -0.4 is 4.90 Å². The van der Waals surface area contributed by atoms with Gasteiger partial charge in [-0.3, -0.25) is 4.90 Å². The van der Waals surface area contributed by atoms with E-state index in [1.807, 2.05) is 29.8 Å². The van der Waals surface area contributed by atoms with Gasteiger partial charge in [0.2, 0.25) is 0 Å². The second kappa shape index (κ2) is 5.60. The van der Waals surface area contributed by atoms with E-state index in [1.54, 1.807) is 17.0 Å². The van der Waals surface area contributed by atoms with Crippen molar-refractivity contribution in [3.8, 4) is 0 Å². The summed E-state index contributed by atoms with van der Waals surface area (Å²) < 4.78 is 0. The minimum Gasteiger partial charge on any atom is -0.478 e. The molecule has 2 amide bonds. The van der Waals surface area contributed by atoms with E-state index in [0.717, 1.165) is 35.6 Å². The van der Waals surface area contributed by atoms with E-state index in [0.29, 0.717) is 6.54 Å². The van der Waals surface area contributed by atoms with Crippen molar-refractivity contribution < 1.29 is 14.7 Å². The van der Waals surface area contributed by atoms with Crippen molar-refractivity contribution in [1.82, 2.24) is 4.90 Å². The summed E-state index contributed by atoms with van der Waals surface area (Å²) in [5, 5.41) is 9.11. The van der Waals surface area contributed by atoms with Crippen LogP contribution in [0.25, 0.3) is 0 Å². The second-order valence-electron chi connectivity index (χ2n) is 5.46. The summed E-state index contributed by atoms with van der Waals surface area (Å²) in [6, 6.07) is 5.29. The molecule has 1 unspecified atom stereocenters. The molecular formula is C15H18N2O3S. The van der Waals surface area contributed by atoms with Crippen molar-refractivity contribution in [3.63, 3.8) is 0 Å². The molecule has 5 nitrogen and oxygen atoms in total. The Balaban J connectivity index is 1.84. The Morgan fingerprint density at radius 1 is 1.43 bits per heavy atom. The number of nitrogens with zero attached hydrogens (tertiary/aromatic N) is 2. The Morgan fingerprint density at radius 3 is 2.90 bits per heavy atom. The third-order valence-corrected chi connectivity index (χ3v) is 5.36. The quantitative estimate of drug-likeness (QED) is 0.911. The Labute approximate surface area is 127 Å². The van der Waals surface area contributed by atoms with Crippen LogP contribution in [0.15, 0.2) is 18.2 Å². The first-order chi connectivity index (χ1) is 10.1. The molecule has 2 aliphatic rings. The number of thioether (sulfide) groups is 1. The Morgan fingerprint density at radius 2 is 2.24 bits per heavy atom. The summed E-state index contributed by atoms with van der Waals surface area (Å²) in [7, 11) is 1.85. The molecular weight excluding hydrogens is 288 g/mol. The van der Waals surface area contributed by atoms with Crippen molar-refractivity contribution >= 4 is 29.4 Å². The first-order valence-corrected chi connectivity index (χ1v) is 8.21.